The van der Waals surface area contributed by atoms with E-state index in [0.717, 1.165) is 16.9 Å². The maximum atomic E-state index is 6.39. The molecule has 1 aromatic heterocycles. The summed E-state index contributed by atoms with van der Waals surface area (Å²) in [6.07, 6.45) is 1.67. The lowest BCUT2D eigenvalue weighted by Gasteiger charge is -2.16. The van der Waals surface area contributed by atoms with Gasteiger partial charge in [0, 0.05) is 11.1 Å². The smallest absolute Gasteiger partial charge is 0.162 e. The summed E-state index contributed by atoms with van der Waals surface area (Å²) in [5.74, 6) is 2.18. The minimum atomic E-state index is -0.130. The van der Waals surface area contributed by atoms with Crippen molar-refractivity contribution in [3.05, 3.63) is 46.4 Å². The van der Waals surface area contributed by atoms with Crippen LogP contribution in [-0.4, -0.2) is 13.2 Å². The molecule has 1 unspecified atom stereocenters. The van der Waals surface area contributed by atoms with E-state index in [1.807, 2.05) is 32.9 Å². The Morgan fingerprint density at radius 1 is 1.19 bits per heavy atom. The van der Waals surface area contributed by atoms with Gasteiger partial charge in [0.2, 0.25) is 0 Å². The highest BCUT2D eigenvalue weighted by atomic mass is 79.9. The molecule has 0 aliphatic rings. The van der Waals surface area contributed by atoms with Gasteiger partial charge in [-0.05, 0) is 44.0 Å². The first-order valence-electron chi connectivity index (χ1n) is 6.85. The lowest BCUT2D eigenvalue weighted by Crippen LogP contribution is -2.01. The van der Waals surface area contributed by atoms with Gasteiger partial charge in [-0.15, -0.1) is 0 Å². The van der Waals surface area contributed by atoms with E-state index in [9.17, 15) is 0 Å². The van der Waals surface area contributed by atoms with E-state index >= 15 is 0 Å². The molecule has 1 heterocycles. The molecule has 1 aromatic carbocycles. The maximum absolute atomic E-state index is 6.39. The van der Waals surface area contributed by atoms with Crippen molar-refractivity contribution in [2.75, 3.05) is 13.2 Å². The number of ether oxygens (including phenoxy) is 2. The molecule has 0 spiro atoms. The van der Waals surface area contributed by atoms with Gasteiger partial charge in [0.05, 0.1) is 24.3 Å². The summed E-state index contributed by atoms with van der Waals surface area (Å²) < 4.78 is 16.8. The lowest BCUT2D eigenvalue weighted by molar-refractivity contribution is 0.287. The van der Waals surface area contributed by atoms with Crippen molar-refractivity contribution in [2.45, 2.75) is 25.6 Å². The third-order valence-electron chi connectivity index (χ3n) is 3.07. The van der Waals surface area contributed by atoms with Gasteiger partial charge < -0.3 is 13.9 Å². The highest BCUT2D eigenvalue weighted by Crippen LogP contribution is 2.42. The fourth-order valence-electron chi connectivity index (χ4n) is 2.07. The molecule has 0 N–H and O–H groups in total. The van der Waals surface area contributed by atoms with Crippen LogP contribution >= 0.6 is 27.5 Å². The molecule has 5 heteroatoms. The fraction of sp³-hybridized carbons (Fsp3) is 0.375. The van der Waals surface area contributed by atoms with E-state index in [1.165, 1.54) is 0 Å². The highest BCUT2D eigenvalue weighted by Gasteiger charge is 2.21. The summed E-state index contributed by atoms with van der Waals surface area (Å²) in [4.78, 5) is -0.130. The van der Waals surface area contributed by atoms with Gasteiger partial charge in [-0.3, -0.25) is 0 Å². The van der Waals surface area contributed by atoms with E-state index in [4.69, 9.17) is 25.5 Å². The van der Waals surface area contributed by atoms with E-state index in [1.54, 1.807) is 12.3 Å². The molecular formula is C16H18BrClO3. The molecule has 21 heavy (non-hydrogen) atoms. The van der Waals surface area contributed by atoms with Crippen molar-refractivity contribution >= 4 is 27.5 Å². The van der Waals surface area contributed by atoms with Crippen molar-refractivity contribution in [3.63, 3.8) is 0 Å². The van der Waals surface area contributed by atoms with Crippen LogP contribution in [0.3, 0.4) is 0 Å². The van der Waals surface area contributed by atoms with Gasteiger partial charge in [0.25, 0.3) is 0 Å². The Morgan fingerprint density at radius 3 is 2.33 bits per heavy atom. The third-order valence-corrected chi connectivity index (χ3v) is 4.30. The number of aryl methyl sites for hydroxylation is 1. The summed E-state index contributed by atoms with van der Waals surface area (Å²) in [6.45, 7) is 6.99. The van der Waals surface area contributed by atoms with Gasteiger partial charge in [0.1, 0.15) is 5.76 Å². The number of hydrogen-bond donors (Lipinski definition) is 0. The second-order valence-corrected chi connectivity index (χ2v) is 5.84. The van der Waals surface area contributed by atoms with E-state index in [2.05, 4.69) is 15.9 Å². The molecule has 0 radical (unpaired) electrons. The molecule has 0 saturated heterocycles. The minimum Gasteiger partial charge on any atom is -0.490 e. The Hall–Kier alpha value is -1.13. The Kier molecular flexibility index (Phi) is 5.59. The molecule has 0 saturated carbocycles. The van der Waals surface area contributed by atoms with Crippen LogP contribution in [0.1, 0.15) is 35.6 Å². The predicted octanol–water partition coefficient (Wildman–Crippen LogP) is 5.52. The first kappa shape index (κ1) is 16.2. The zero-order valence-electron chi connectivity index (χ0n) is 12.3. The van der Waals surface area contributed by atoms with Crippen LogP contribution in [0.5, 0.6) is 11.5 Å². The molecule has 2 aromatic rings. The first-order valence-corrected chi connectivity index (χ1v) is 8.14. The molecular weight excluding hydrogens is 356 g/mol. The molecule has 0 aliphatic heterocycles. The highest BCUT2D eigenvalue weighted by molar-refractivity contribution is 9.09. The zero-order valence-corrected chi connectivity index (χ0v) is 14.6. The summed E-state index contributed by atoms with van der Waals surface area (Å²) >= 11 is 10.0. The third kappa shape index (κ3) is 3.55. The normalized spacial score (nSPS) is 12.2. The summed E-state index contributed by atoms with van der Waals surface area (Å²) in [7, 11) is 0. The SMILES string of the molecule is CCOc1cc(Cl)c(C(Br)c2occc2C)cc1OCC. The Bertz CT molecular complexity index is 610. The van der Waals surface area contributed by atoms with Crippen LogP contribution in [0, 0.1) is 6.92 Å². The summed E-state index contributed by atoms with van der Waals surface area (Å²) in [5, 5.41) is 0.611. The number of halogens is 2. The maximum Gasteiger partial charge on any atom is 0.162 e. The van der Waals surface area contributed by atoms with Gasteiger partial charge in [0.15, 0.2) is 11.5 Å². The van der Waals surface area contributed by atoms with Gasteiger partial charge >= 0.3 is 0 Å². The second-order valence-electron chi connectivity index (χ2n) is 4.52. The second kappa shape index (κ2) is 7.23. The summed E-state index contributed by atoms with van der Waals surface area (Å²) in [6, 6.07) is 5.62. The molecule has 0 bridgehead atoms. The van der Waals surface area contributed by atoms with Crippen molar-refractivity contribution in [2.24, 2.45) is 0 Å². The van der Waals surface area contributed by atoms with E-state index in [-0.39, 0.29) is 4.83 Å². The molecule has 114 valence electrons. The Balaban J connectivity index is 2.44. The quantitative estimate of drug-likeness (QED) is 0.624. The lowest BCUT2D eigenvalue weighted by atomic mass is 10.1. The Labute approximate surface area is 138 Å². The number of hydrogen-bond acceptors (Lipinski definition) is 3. The number of benzene rings is 1. The molecule has 0 fully saturated rings. The van der Waals surface area contributed by atoms with Gasteiger partial charge in [-0.1, -0.05) is 27.5 Å². The van der Waals surface area contributed by atoms with Crippen molar-refractivity contribution in [1.29, 1.82) is 0 Å². The van der Waals surface area contributed by atoms with Crippen LogP contribution < -0.4 is 9.47 Å². The zero-order chi connectivity index (χ0) is 15.4. The van der Waals surface area contributed by atoms with Crippen LogP contribution in [0.2, 0.25) is 5.02 Å². The van der Waals surface area contributed by atoms with Crippen LogP contribution in [0.4, 0.5) is 0 Å². The topological polar surface area (TPSA) is 31.6 Å². The van der Waals surface area contributed by atoms with Crippen LogP contribution in [0.15, 0.2) is 28.9 Å². The average molecular weight is 374 g/mol. The van der Waals surface area contributed by atoms with Gasteiger partial charge in [-0.25, -0.2) is 0 Å². The van der Waals surface area contributed by atoms with Crippen LogP contribution in [-0.2, 0) is 0 Å². The standard InChI is InChI=1S/C16H18BrClO3/c1-4-19-13-8-11(12(18)9-14(13)20-5-2)15(17)16-10(3)6-7-21-16/h6-9,15H,4-5H2,1-3H3. The van der Waals surface area contributed by atoms with E-state index in [0.29, 0.717) is 29.7 Å². The largest absolute Gasteiger partial charge is 0.490 e. The van der Waals surface area contributed by atoms with Gasteiger partial charge in [-0.2, -0.15) is 0 Å². The summed E-state index contributed by atoms with van der Waals surface area (Å²) in [5.41, 5.74) is 1.96. The van der Waals surface area contributed by atoms with Crippen LogP contribution in [0.25, 0.3) is 0 Å². The van der Waals surface area contributed by atoms with Crippen molar-refractivity contribution in [1.82, 2.24) is 0 Å². The fourth-order valence-corrected chi connectivity index (χ4v) is 3.31. The molecule has 1 atom stereocenters. The predicted molar refractivity (Wildman–Crippen MR) is 88.0 cm³/mol. The molecule has 3 nitrogen and oxygen atoms in total. The molecule has 2 rings (SSSR count). The average Bonchev–Trinajstić information content (AvgIpc) is 2.87. The monoisotopic (exact) mass is 372 g/mol. The first-order chi connectivity index (χ1) is 10.1. The molecule has 0 amide bonds. The van der Waals surface area contributed by atoms with E-state index < -0.39 is 0 Å². The minimum absolute atomic E-state index is 0.130. The number of alkyl halides is 1. The number of furan rings is 1. The Morgan fingerprint density at radius 2 is 1.81 bits per heavy atom. The van der Waals surface area contributed by atoms with Crippen molar-refractivity contribution < 1.29 is 13.9 Å². The number of rotatable bonds is 6. The molecule has 0 aliphatic carbocycles. The van der Waals surface area contributed by atoms with Crippen molar-refractivity contribution in [3.8, 4) is 11.5 Å².